The minimum Gasteiger partial charge on any atom is -0.325 e. The molecule has 0 bridgehead atoms. The third-order valence-electron chi connectivity index (χ3n) is 2.05. The lowest BCUT2D eigenvalue weighted by molar-refractivity contribution is 0.0113. The number of aryl methyl sites for hydroxylation is 1. The number of rotatable bonds is 3. The Labute approximate surface area is 80.7 Å². The molecule has 0 amide bonds. The van der Waals surface area contributed by atoms with Gasteiger partial charge in [-0.1, -0.05) is 6.07 Å². The van der Waals surface area contributed by atoms with Gasteiger partial charge in [0.25, 0.3) is 5.92 Å². The minimum atomic E-state index is -2.91. The second-order valence-electron chi connectivity index (χ2n) is 3.31. The van der Waals surface area contributed by atoms with Gasteiger partial charge in [0.15, 0.2) is 0 Å². The van der Waals surface area contributed by atoms with Crippen LogP contribution in [0.15, 0.2) is 18.2 Å². The van der Waals surface area contributed by atoms with Crippen molar-refractivity contribution in [1.29, 1.82) is 0 Å². The first-order chi connectivity index (χ1) is 6.44. The average molecular weight is 203 g/mol. The van der Waals surface area contributed by atoms with Gasteiger partial charge in [-0.25, -0.2) is 13.2 Å². The molecule has 78 valence electrons. The van der Waals surface area contributed by atoms with Gasteiger partial charge in [0.05, 0.1) is 6.54 Å². The molecule has 0 saturated heterocycles. The standard InChI is InChI=1S/C10H12F3N/c1-7-4-9(11)3-2-8(7)5-10(12,13)6-14/h2-4H,5-6,14H2,1H3. The van der Waals surface area contributed by atoms with E-state index in [1.165, 1.54) is 18.2 Å². The molecule has 4 heteroatoms. The first kappa shape index (κ1) is 11.0. The maximum Gasteiger partial charge on any atom is 0.264 e. The van der Waals surface area contributed by atoms with Crippen molar-refractivity contribution in [3.05, 3.63) is 35.1 Å². The molecular formula is C10H12F3N. The van der Waals surface area contributed by atoms with Crippen LogP contribution < -0.4 is 5.73 Å². The second kappa shape index (κ2) is 4.00. The summed E-state index contributed by atoms with van der Waals surface area (Å²) < 4.78 is 38.5. The lowest BCUT2D eigenvalue weighted by atomic mass is 10.0. The van der Waals surface area contributed by atoms with E-state index in [2.05, 4.69) is 0 Å². The number of hydrogen-bond acceptors (Lipinski definition) is 1. The van der Waals surface area contributed by atoms with Crippen LogP contribution in [0.2, 0.25) is 0 Å². The van der Waals surface area contributed by atoms with Crippen LogP contribution in [0.1, 0.15) is 11.1 Å². The van der Waals surface area contributed by atoms with Crippen LogP contribution in [0, 0.1) is 12.7 Å². The van der Waals surface area contributed by atoms with Gasteiger partial charge in [-0.05, 0) is 30.2 Å². The highest BCUT2D eigenvalue weighted by Crippen LogP contribution is 2.21. The van der Waals surface area contributed by atoms with E-state index in [-0.39, 0.29) is 0 Å². The number of nitrogens with two attached hydrogens (primary N) is 1. The average Bonchev–Trinajstić information content (AvgIpc) is 2.10. The Balaban J connectivity index is 2.87. The zero-order valence-corrected chi connectivity index (χ0v) is 7.86. The largest absolute Gasteiger partial charge is 0.325 e. The Bertz CT molecular complexity index is 323. The smallest absolute Gasteiger partial charge is 0.264 e. The van der Waals surface area contributed by atoms with E-state index < -0.39 is 24.7 Å². The van der Waals surface area contributed by atoms with Gasteiger partial charge in [-0.3, -0.25) is 0 Å². The van der Waals surface area contributed by atoms with E-state index in [4.69, 9.17) is 5.73 Å². The zero-order chi connectivity index (χ0) is 10.8. The van der Waals surface area contributed by atoms with Crippen LogP contribution in [0.25, 0.3) is 0 Å². The molecule has 1 aromatic carbocycles. The molecule has 0 aliphatic rings. The molecule has 1 nitrogen and oxygen atoms in total. The van der Waals surface area contributed by atoms with Crippen LogP contribution in [0.4, 0.5) is 13.2 Å². The van der Waals surface area contributed by atoms with Gasteiger partial charge in [0.2, 0.25) is 0 Å². The summed E-state index contributed by atoms with van der Waals surface area (Å²) in [6, 6.07) is 3.78. The van der Waals surface area contributed by atoms with Crippen molar-refractivity contribution in [2.45, 2.75) is 19.3 Å². The fraction of sp³-hybridized carbons (Fsp3) is 0.400. The molecular weight excluding hydrogens is 191 g/mol. The molecule has 2 N–H and O–H groups in total. The first-order valence-electron chi connectivity index (χ1n) is 4.27. The van der Waals surface area contributed by atoms with E-state index in [0.29, 0.717) is 11.1 Å². The van der Waals surface area contributed by atoms with Crippen molar-refractivity contribution in [3.63, 3.8) is 0 Å². The third-order valence-corrected chi connectivity index (χ3v) is 2.05. The highest BCUT2D eigenvalue weighted by molar-refractivity contribution is 5.27. The molecule has 0 aromatic heterocycles. The van der Waals surface area contributed by atoms with Crippen LogP contribution in [0.3, 0.4) is 0 Å². The topological polar surface area (TPSA) is 26.0 Å². The molecule has 0 fully saturated rings. The Hall–Kier alpha value is -1.03. The fourth-order valence-electron chi connectivity index (χ4n) is 1.21. The summed E-state index contributed by atoms with van der Waals surface area (Å²) in [5.41, 5.74) is 5.87. The van der Waals surface area contributed by atoms with Gasteiger partial charge < -0.3 is 5.73 Å². The summed E-state index contributed by atoms with van der Waals surface area (Å²) in [4.78, 5) is 0. The highest BCUT2D eigenvalue weighted by Gasteiger charge is 2.27. The summed E-state index contributed by atoms with van der Waals surface area (Å²) in [7, 11) is 0. The highest BCUT2D eigenvalue weighted by atomic mass is 19.3. The summed E-state index contributed by atoms with van der Waals surface area (Å²) >= 11 is 0. The van der Waals surface area contributed by atoms with Crippen molar-refractivity contribution in [2.75, 3.05) is 6.54 Å². The Kier molecular flexibility index (Phi) is 3.16. The first-order valence-corrected chi connectivity index (χ1v) is 4.27. The molecule has 0 unspecified atom stereocenters. The SMILES string of the molecule is Cc1cc(F)ccc1CC(F)(F)CN. The molecule has 0 spiro atoms. The monoisotopic (exact) mass is 203 g/mol. The minimum absolute atomic E-state index is 0.415. The number of halogens is 3. The molecule has 0 aliphatic heterocycles. The molecule has 0 aliphatic carbocycles. The van der Waals surface area contributed by atoms with Gasteiger partial charge in [-0.15, -0.1) is 0 Å². The third kappa shape index (κ3) is 2.73. The van der Waals surface area contributed by atoms with Crippen molar-refractivity contribution in [3.8, 4) is 0 Å². The summed E-state index contributed by atoms with van der Waals surface area (Å²) in [6.07, 6.45) is -0.435. The van der Waals surface area contributed by atoms with E-state index in [1.54, 1.807) is 6.92 Å². The van der Waals surface area contributed by atoms with Crippen molar-refractivity contribution in [2.24, 2.45) is 5.73 Å². The quantitative estimate of drug-likeness (QED) is 0.801. The molecule has 0 heterocycles. The summed E-state index contributed by atoms with van der Waals surface area (Å²) in [5, 5.41) is 0. The molecule has 0 atom stereocenters. The lowest BCUT2D eigenvalue weighted by Crippen LogP contribution is -2.30. The van der Waals surface area contributed by atoms with Gasteiger partial charge in [0, 0.05) is 6.42 Å². The van der Waals surface area contributed by atoms with Gasteiger partial charge in [0.1, 0.15) is 5.82 Å². The van der Waals surface area contributed by atoms with Crippen molar-refractivity contribution >= 4 is 0 Å². The molecule has 0 saturated carbocycles. The molecule has 1 rings (SSSR count). The van der Waals surface area contributed by atoms with Crippen LogP contribution >= 0.6 is 0 Å². The Morgan fingerprint density at radius 2 is 2.00 bits per heavy atom. The van der Waals surface area contributed by atoms with Crippen LogP contribution in [-0.2, 0) is 6.42 Å². The van der Waals surface area contributed by atoms with Gasteiger partial charge in [-0.2, -0.15) is 0 Å². The summed E-state index contributed by atoms with van der Waals surface area (Å²) in [6.45, 7) is 0.912. The molecule has 0 radical (unpaired) electrons. The fourth-order valence-corrected chi connectivity index (χ4v) is 1.21. The van der Waals surface area contributed by atoms with Crippen molar-refractivity contribution in [1.82, 2.24) is 0 Å². The maximum atomic E-state index is 12.9. The van der Waals surface area contributed by atoms with Gasteiger partial charge >= 0.3 is 0 Å². The maximum absolute atomic E-state index is 12.9. The van der Waals surface area contributed by atoms with E-state index in [9.17, 15) is 13.2 Å². The summed E-state index contributed by atoms with van der Waals surface area (Å²) in [5.74, 6) is -3.33. The lowest BCUT2D eigenvalue weighted by Gasteiger charge is -2.15. The zero-order valence-electron chi connectivity index (χ0n) is 7.86. The van der Waals surface area contributed by atoms with Crippen molar-refractivity contribution < 1.29 is 13.2 Å². The Morgan fingerprint density at radius 3 is 2.50 bits per heavy atom. The molecule has 1 aromatic rings. The Morgan fingerprint density at radius 1 is 1.36 bits per heavy atom. The normalized spacial score (nSPS) is 11.8. The van der Waals surface area contributed by atoms with E-state index >= 15 is 0 Å². The predicted octanol–water partition coefficient (Wildman–Crippen LogP) is 2.27. The second-order valence-corrected chi connectivity index (χ2v) is 3.31. The molecule has 14 heavy (non-hydrogen) atoms. The van der Waals surface area contributed by atoms with E-state index in [0.717, 1.165) is 0 Å². The van der Waals surface area contributed by atoms with Crippen LogP contribution in [-0.4, -0.2) is 12.5 Å². The number of benzene rings is 1. The predicted molar refractivity (Wildman–Crippen MR) is 48.8 cm³/mol. The van der Waals surface area contributed by atoms with E-state index in [1.807, 2.05) is 0 Å². The number of hydrogen-bond donors (Lipinski definition) is 1. The van der Waals surface area contributed by atoms with Crippen LogP contribution in [0.5, 0.6) is 0 Å². The number of alkyl halides is 2.